The van der Waals surface area contributed by atoms with Crippen LogP contribution >= 0.6 is 0 Å². The Labute approximate surface area is 84.8 Å². The molecule has 0 heterocycles. The monoisotopic (exact) mass is 204 g/mol. The SMILES string of the molecule is CCCCC(C(=O)OO)C(O)CCC. The smallest absolute Gasteiger partial charge is 0.347 e. The minimum Gasteiger partial charge on any atom is -0.392 e. The first kappa shape index (κ1) is 13.4. The Kier molecular flexibility index (Phi) is 7.42. The largest absolute Gasteiger partial charge is 0.392 e. The number of hydrogen-bond donors (Lipinski definition) is 2. The molecule has 0 aromatic carbocycles. The van der Waals surface area contributed by atoms with E-state index in [1.54, 1.807) is 0 Å². The summed E-state index contributed by atoms with van der Waals surface area (Å²) in [5, 5.41) is 17.9. The molecule has 4 nitrogen and oxygen atoms in total. The van der Waals surface area contributed by atoms with Crippen LogP contribution in [-0.4, -0.2) is 22.4 Å². The summed E-state index contributed by atoms with van der Waals surface area (Å²) in [7, 11) is 0. The third-order valence-electron chi connectivity index (χ3n) is 2.31. The summed E-state index contributed by atoms with van der Waals surface area (Å²) >= 11 is 0. The lowest BCUT2D eigenvalue weighted by atomic mass is 9.93. The van der Waals surface area contributed by atoms with Crippen molar-refractivity contribution in [3.8, 4) is 0 Å². The molecule has 0 fully saturated rings. The van der Waals surface area contributed by atoms with Crippen LogP contribution in [0.1, 0.15) is 46.0 Å². The molecule has 2 unspecified atom stereocenters. The lowest BCUT2D eigenvalue weighted by molar-refractivity contribution is -0.242. The number of aliphatic hydroxyl groups excluding tert-OH is 1. The molecule has 0 saturated carbocycles. The third kappa shape index (κ3) is 4.58. The fourth-order valence-electron chi connectivity index (χ4n) is 1.46. The van der Waals surface area contributed by atoms with Crippen LogP contribution in [0.3, 0.4) is 0 Å². The zero-order chi connectivity index (χ0) is 11.0. The first-order valence-electron chi connectivity index (χ1n) is 5.20. The molecule has 0 aromatic rings. The molecule has 0 aliphatic heterocycles. The van der Waals surface area contributed by atoms with Gasteiger partial charge in [0.1, 0.15) is 0 Å². The highest BCUT2D eigenvalue weighted by molar-refractivity contribution is 5.72. The number of carbonyl (C=O) groups is 1. The van der Waals surface area contributed by atoms with Gasteiger partial charge in [-0.25, -0.2) is 4.79 Å². The van der Waals surface area contributed by atoms with Gasteiger partial charge in [-0.3, -0.25) is 0 Å². The van der Waals surface area contributed by atoms with Crippen molar-refractivity contribution < 1.29 is 20.0 Å². The molecule has 84 valence electrons. The van der Waals surface area contributed by atoms with Gasteiger partial charge in [-0.15, -0.1) is 0 Å². The van der Waals surface area contributed by atoms with E-state index in [1.165, 1.54) is 0 Å². The van der Waals surface area contributed by atoms with Crippen molar-refractivity contribution in [1.82, 2.24) is 0 Å². The number of unbranched alkanes of at least 4 members (excludes halogenated alkanes) is 1. The first-order chi connectivity index (χ1) is 6.67. The van der Waals surface area contributed by atoms with Gasteiger partial charge in [-0.2, -0.15) is 5.26 Å². The van der Waals surface area contributed by atoms with Crippen molar-refractivity contribution in [2.45, 2.75) is 52.1 Å². The highest BCUT2D eigenvalue weighted by Crippen LogP contribution is 2.18. The Morgan fingerprint density at radius 1 is 1.29 bits per heavy atom. The molecule has 0 aliphatic carbocycles. The average molecular weight is 204 g/mol. The molecule has 0 amide bonds. The molecule has 0 bridgehead atoms. The van der Waals surface area contributed by atoms with Gasteiger partial charge in [0.2, 0.25) is 0 Å². The van der Waals surface area contributed by atoms with E-state index in [1.807, 2.05) is 13.8 Å². The van der Waals surface area contributed by atoms with E-state index >= 15 is 0 Å². The zero-order valence-electron chi connectivity index (χ0n) is 8.90. The van der Waals surface area contributed by atoms with Crippen LogP contribution in [0, 0.1) is 5.92 Å². The van der Waals surface area contributed by atoms with Gasteiger partial charge < -0.3 is 9.99 Å². The molecule has 0 rings (SSSR count). The van der Waals surface area contributed by atoms with Crippen molar-refractivity contribution in [2.24, 2.45) is 5.92 Å². The maximum absolute atomic E-state index is 11.1. The lowest BCUT2D eigenvalue weighted by Crippen LogP contribution is -2.29. The molecular formula is C10H20O4. The molecule has 0 spiro atoms. The normalized spacial score (nSPS) is 14.9. The fourth-order valence-corrected chi connectivity index (χ4v) is 1.46. The number of hydrogen-bond acceptors (Lipinski definition) is 4. The van der Waals surface area contributed by atoms with Crippen LogP contribution < -0.4 is 0 Å². The highest BCUT2D eigenvalue weighted by atomic mass is 17.1. The molecule has 0 aromatic heterocycles. The van der Waals surface area contributed by atoms with Gasteiger partial charge in [0, 0.05) is 0 Å². The quantitative estimate of drug-likeness (QED) is 0.491. The lowest BCUT2D eigenvalue weighted by Gasteiger charge is -2.18. The van der Waals surface area contributed by atoms with Crippen LogP contribution in [0.2, 0.25) is 0 Å². The first-order valence-corrected chi connectivity index (χ1v) is 5.20. The Morgan fingerprint density at radius 2 is 1.93 bits per heavy atom. The van der Waals surface area contributed by atoms with Gasteiger partial charge in [-0.05, 0) is 12.8 Å². The molecule has 2 atom stereocenters. The Bertz CT molecular complexity index is 158. The topological polar surface area (TPSA) is 66.8 Å². The van der Waals surface area contributed by atoms with E-state index in [4.69, 9.17) is 5.26 Å². The second-order valence-corrected chi connectivity index (χ2v) is 3.52. The van der Waals surface area contributed by atoms with Gasteiger partial charge in [-0.1, -0.05) is 33.1 Å². The van der Waals surface area contributed by atoms with Crippen molar-refractivity contribution in [2.75, 3.05) is 0 Å². The molecule has 0 radical (unpaired) electrons. The van der Waals surface area contributed by atoms with Crippen LogP contribution in [0.15, 0.2) is 0 Å². The van der Waals surface area contributed by atoms with Crippen LogP contribution in [-0.2, 0) is 9.68 Å². The minimum absolute atomic E-state index is 0.559. The molecule has 2 N–H and O–H groups in total. The van der Waals surface area contributed by atoms with Gasteiger partial charge in [0.05, 0.1) is 12.0 Å². The minimum atomic E-state index is -0.723. The highest BCUT2D eigenvalue weighted by Gasteiger charge is 2.27. The average Bonchev–Trinajstić information content (AvgIpc) is 2.18. The van der Waals surface area contributed by atoms with Crippen molar-refractivity contribution >= 4 is 5.97 Å². The van der Waals surface area contributed by atoms with Crippen LogP contribution in [0.5, 0.6) is 0 Å². The predicted octanol–water partition coefficient (Wildman–Crippen LogP) is 1.97. The second kappa shape index (κ2) is 7.76. The predicted molar refractivity (Wildman–Crippen MR) is 52.7 cm³/mol. The number of carbonyl (C=O) groups excluding carboxylic acids is 1. The van der Waals surface area contributed by atoms with Crippen LogP contribution in [0.4, 0.5) is 0 Å². The zero-order valence-corrected chi connectivity index (χ0v) is 8.90. The standard InChI is InChI=1S/C10H20O4/c1-3-5-7-8(10(12)14-13)9(11)6-4-2/h8-9,11,13H,3-7H2,1-2H3. The summed E-state index contributed by atoms with van der Waals surface area (Å²) in [6.07, 6.45) is 3.03. The van der Waals surface area contributed by atoms with Gasteiger partial charge in [0.15, 0.2) is 0 Å². The molecule has 0 saturated heterocycles. The second-order valence-electron chi connectivity index (χ2n) is 3.52. The van der Waals surface area contributed by atoms with Crippen molar-refractivity contribution in [3.63, 3.8) is 0 Å². The number of aliphatic hydroxyl groups is 1. The van der Waals surface area contributed by atoms with E-state index in [-0.39, 0.29) is 0 Å². The van der Waals surface area contributed by atoms with E-state index in [0.29, 0.717) is 12.8 Å². The molecule has 4 heteroatoms. The fraction of sp³-hybridized carbons (Fsp3) is 0.900. The summed E-state index contributed by atoms with van der Waals surface area (Å²) in [5.41, 5.74) is 0. The van der Waals surface area contributed by atoms with E-state index in [0.717, 1.165) is 19.3 Å². The Balaban J connectivity index is 4.14. The van der Waals surface area contributed by atoms with E-state index in [2.05, 4.69) is 4.89 Å². The summed E-state index contributed by atoms with van der Waals surface area (Å²) in [6.45, 7) is 3.94. The van der Waals surface area contributed by atoms with Crippen molar-refractivity contribution in [1.29, 1.82) is 0 Å². The van der Waals surface area contributed by atoms with Gasteiger partial charge >= 0.3 is 5.97 Å². The van der Waals surface area contributed by atoms with Crippen LogP contribution in [0.25, 0.3) is 0 Å². The van der Waals surface area contributed by atoms with Crippen molar-refractivity contribution in [3.05, 3.63) is 0 Å². The number of rotatable bonds is 7. The summed E-state index contributed by atoms with van der Waals surface area (Å²) in [4.78, 5) is 14.8. The molecular weight excluding hydrogens is 184 g/mol. The van der Waals surface area contributed by atoms with E-state index < -0.39 is 18.0 Å². The maximum atomic E-state index is 11.1. The summed E-state index contributed by atoms with van der Waals surface area (Å²) in [5.74, 6) is -1.31. The third-order valence-corrected chi connectivity index (χ3v) is 2.31. The molecule has 14 heavy (non-hydrogen) atoms. The Morgan fingerprint density at radius 3 is 2.36 bits per heavy atom. The molecule has 0 aliphatic rings. The maximum Gasteiger partial charge on any atom is 0.347 e. The summed E-state index contributed by atoms with van der Waals surface area (Å²) < 4.78 is 0. The summed E-state index contributed by atoms with van der Waals surface area (Å²) in [6, 6.07) is 0. The van der Waals surface area contributed by atoms with E-state index in [9.17, 15) is 9.90 Å². The Hall–Kier alpha value is -0.610. The van der Waals surface area contributed by atoms with Gasteiger partial charge in [0.25, 0.3) is 0 Å².